The van der Waals surface area contributed by atoms with Crippen LogP contribution in [-0.2, 0) is 0 Å². The summed E-state index contributed by atoms with van der Waals surface area (Å²) in [5, 5.41) is 4.14. The monoisotopic (exact) mass is 311 g/mol. The van der Waals surface area contributed by atoms with E-state index in [0.29, 0.717) is 0 Å². The highest BCUT2D eigenvalue weighted by Crippen LogP contribution is 2.47. The largest absolute Gasteiger partial charge is 0.455 e. The topological polar surface area (TPSA) is 35.2 Å². The normalized spacial score (nSPS) is 14.0. The molecule has 2 heterocycles. The van der Waals surface area contributed by atoms with Crippen LogP contribution in [0.3, 0.4) is 0 Å². The summed E-state index contributed by atoms with van der Waals surface area (Å²) in [6.07, 6.45) is 0. The van der Waals surface area contributed by atoms with Crippen LogP contribution < -0.4 is 10.5 Å². The Kier molecular flexibility index (Phi) is 3.22. The van der Waals surface area contributed by atoms with Crippen LogP contribution in [0, 0.1) is 0 Å². The minimum atomic E-state index is -0.104. The number of rotatable bonds is 2. The molecular formula is C17H13NOS2. The number of fused-ring (bicyclic) bond motifs is 2. The average molecular weight is 311 g/mol. The molecule has 1 atom stereocenters. The van der Waals surface area contributed by atoms with Gasteiger partial charge in [-0.1, -0.05) is 30.0 Å². The molecule has 0 aliphatic carbocycles. The Morgan fingerprint density at radius 3 is 2.62 bits per heavy atom. The lowest BCUT2D eigenvalue weighted by atomic mass is 10.0. The summed E-state index contributed by atoms with van der Waals surface area (Å²) in [5.74, 6) is 1.80. The van der Waals surface area contributed by atoms with Crippen molar-refractivity contribution < 1.29 is 4.74 Å². The first-order valence-electron chi connectivity index (χ1n) is 6.67. The summed E-state index contributed by atoms with van der Waals surface area (Å²) in [6.45, 7) is 0. The molecule has 2 N–H and O–H groups in total. The second-order valence-corrected chi connectivity index (χ2v) is 6.76. The highest BCUT2D eigenvalue weighted by molar-refractivity contribution is 7.99. The van der Waals surface area contributed by atoms with Gasteiger partial charge in [-0.25, -0.2) is 0 Å². The van der Waals surface area contributed by atoms with Crippen molar-refractivity contribution >= 4 is 23.1 Å². The summed E-state index contributed by atoms with van der Waals surface area (Å²) < 4.78 is 6.01. The van der Waals surface area contributed by atoms with Gasteiger partial charge >= 0.3 is 0 Å². The van der Waals surface area contributed by atoms with E-state index in [4.69, 9.17) is 10.5 Å². The standard InChI is InChI=1S/C17H13NOS2/c18-17(12-7-8-20-10-12)11-5-6-16-14(9-11)19-13-3-1-2-4-15(13)21-16/h1-10,17H,18H2. The van der Waals surface area contributed by atoms with Crippen LogP contribution >= 0.6 is 23.1 Å². The molecule has 1 aliphatic rings. The first-order chi connectivity index (χ1) is 10.3. The van der Waals surface area contributed by atoms with Gasteiger partial charge in [-0.2, -0.15) is 11.3 Å². The van der Waals surface area contributed by atoms with Crippen LogP contribution in [0.15, 0.2) is 69.1 Å². The summed E-state index contributed by atoms with van der Waals surface area (Å²) in [4.78, 5) is 2.29. The van der Waals surface area contributed by atoms with Crippen molar-refractivity contribution in [1.82, 2.24) is 0 Å². The van der Waals surface area contributed by atoms with Gasteiger partial charge in [-0.05, 0) is 52.2 Å². The van der Waals surface area contributed by atoms with Crippen LogP contribution in [-0.4, -0.2) is 0 Å². The van der Waals surface area contributed by atoms with E-state index in [-0.39, 0.29) is 6.04 Å². The van der Waals surface area contributed by atoms with Gasteiger partial charge in [-0.3, -0.25) is 0 Å². The molecule has 104 valence electrons. The number of nitrogens with two attached hydrogens (primary N) is 1. The zero-order valence-electron chi connectivity index (χ0n) is 11.2. The third kappa shape index (κ3) is 2.35. The molecule has 0 radical (unpaired) electrons. The lowest BCUT2D eigenvalue weighted by Crippen LogP contribution is -2.11. The molecule has 2 nitrogen and oxygen atoms in total. The van der Waals surface area contributed by atoms with Gasteiger partial charge < -0.3 is 10.5 Å². The maximum absolute atomic E-state index is 6.33. The predicted octanol–water partition coefficient (Wildman–Crippen LogP) is 5.05. The number of hydrogen-bond acceptors (Lipinski definition) is 4. The molecule has 1 aliphatic heterocycles. The number of thiophene rings is 1. The minimum absolute atomic E-state index is 0.104. The first kappa shape index (κ1) is 13.0. The SMILES string of the molecule is NC(c1ccsc1)c1ccc2c(c1)Oc1ccccc1S2. The van der Waals surface area contributed by atoms with Crippen LogP contribution in [0.2, 0.25) is 0 Å². The quantitative estimate of drug-likeness (QED) is 0.562. The Balaban J connectivity index is 1.70. The molecule has 0 amide bonds. The molecule has 0 saturated carbocycles. The molecule has 21 heavy (non-hydrogen) atoms. The van der Waals surface area contributed by atoms with Crippen LogP contribution in [0.4, 0.5) is 0 Å². The maximum atomic E-state index is 6.33. The zero-order chi connectivity index (χ0) is 14.2. The van der Waals surface area contributed by atoms with Gasteiger partial charge in [0.25, 0.3) is 0 Å². The van der Waals surface area contributed by atoms with Gasteiger partial charge in [-0.15, -0.1) is 0 Å². The summed E-state index contributed by atoms with van der Waals surface area (Å²) in [7, 11) is 0. The summed E-state index contributed by atoms with van der Waals surface area (Å²) in [5.41, 5.74) is 8.55. The van der Waals surface area contributed by atoms with Crippen LogP contribution in [0.25, 0.3) is 0 Å². The highest BCUT2D eigenvalue weighted by atomic mass is 32.2. The smallest absolute Gasteiger partial charge is 0.141 e. The van der Waals surface area contributed by atoms with Gasteiger partial charge in [0.2, 0.25) is 0 Å². The predicted molar refractivity (Wildman–Crippen MR) is 87.4 cm³/mol. The van der Waals surface area contributed by atoms with E-state index < -0.39 is 0 Å². The zero-order valence-corrected chi connectivity index (χ0v) is 12.8. The van der Waals surface area contributed by atoms with Gasteiger partial charge in [0.15, 0.2) is 0 Å². The molecule has 4 rings (SSSR count). The molecule has 1 unspecified atom stereocenters. The second kappa shape index (κ2) is 5.22. The molecule has 0 bridgehead atoms. The molecule has 4 heteroatoms. The van der Waals surface area contributed by atoms with Crippen molar-refractivity contribution in [1.29, 1.82) is 0 Å². The Hall–Kier alpha value is -1.75. The van der Waals surface area contributed by atoms with E-state index in [1.807, 2.05) is 18.2 Å². The third-order valence-corrected chi connectivity index (χ3v) is 5.33. The first-order valence-corrected chi connectivity index (χ1v) is 8.43. The van der Waals surface area contributed by atoms with Crippen LogP contribution in [0.1, 0.15) is 17.2 Å². The minimum Gasteiger partial charge on any atom is -0.455 e. The molecular weight excluding hydrogens is 298 g/mol. The molecule has 0 fully saturated rings. The Morgan fingerprint density at radius 1 is 0.905 bits per heavy atom. The third-order valence-electron chi connectivity index (χ3n) is 3.52. The van der Waals surface area contributed by atoms with E-state index >= 15 is 0 Å². The summed E-state index contributed by atoms with van der Waals surface area (Å²) in [6, 6.07) is 16.3. The van der Waals surface area contributed by atoms with Crippen molar-refractivity contribution in [3.8, 4) is 11.5 Å². The van der Waals surface area contributed by atoms with E-state index in [1.165, 1.54) is 0 Å². The molecule has 1 aromatic heterocycles. The van der Waals surface area contributed by atoms with Crippen molar-refractivity contribution in [3.05, 3.63) is 70.4 Å². The Bertz CT molecular complexity index is 783. The lowest BCUT2D eigenvalue weighted by Gasteiger charge is -2.21. The van der Waals surface area contributed by atoms with Gasteiger partial charge in [0.05, 0.1) is 15.8 Å². The molecule has 0 spiro atoms. The van der Waals surface area contributed by atoms with Crippen molar-refractivity contribution in [2.45, 2.75) is 15.8 Å². The molecule has 0 saturated heterocycles. The van der Waals surface area contributed by atoms with E-state index in [2.05, 4.69) is 41.1 Å². The Morgan fingerprint density at radius 2 is 1.76 bits per heavy atom. The second-order valence-electron chi connectivity index (χ2n) is 4.89. The highest BCUT2D eigenvalue weighted by Gasteiger charge is 2.19. The van der Waals surface area contributed by atoms with Crippen LogP contribution in [0.5, 0.6) is 11.5 Å². The van der Waals surface area contributed by atoms with E-state index in [1.54, 1.807) is 23.1 Å². The summed E-state index contributed by atoms with van der Waals surface area (Å²) >= 11 is 3.40. The van der Waals surface area contributed by atoms with Gasteiger partial charge in [0, 0.05) is 0 Å². The molecule has 3 aromatic rings. The van der Waals surface area contributed by atoms with Crippen molar-refractivity contribution in [2.24, 2.45) is 5.73 Å². The number of ether oxygens (including phenoxy) is 1. The average Bonchev–Trinajstić information content (AvgIpc) is 3.06. The van der Waals surface area contributed by atoms with Crippen molar-refractivity contribution in [2.75, 3.05) is 0 Å². The van der Waals surface area contributed by atoms with Crippen molar-refractivity contribution in [3.63, 3.8) is 0 Å². The van der Waals surface area contributed by atoms with Gasteiger partial charge in [0.1, 0.15) is 11.5 Å². The van der Waals surface area contributed by atoms with E-state index in [0.717, 1.165) is 32.4 Å². The number of para-hydroxylation sites is 1. The Labute approximate surface area is 131 Å². The number of benzene rings is 2. The fourth-order valence-electron chi connectivity index (χ4n) is 2.38. The maximum Gasteiger partial charge on any atom is 0.141 e. The van der Waals surface area contributed by atoms with E-state index in [9.17, 15) is 0 Å². The molecule has 2 aromatic carbocycles. The lowest BCUT2D eigenvalue weighted by molar-refractivity contribution is 0.453. The number of hydrogen-bond donors (Lipinski definition) is 1. The fourth-order valence-corrected chi connectivity index (χ4v) is 4.01. The fraction of sp³-hybridized carbons (Fsp3) is 0.0588.